The quantitative estimate of drug-likeness (QED) is 0.273. The van der Waals surface area contributed by atoms with Crippen LogP contribution in [0.2, 0.25) is 0 Å². The van der Waals surface area contributed by atoms with E-state index in [1.165, 1.54) is 0 Å². The molecule has 4 aromatic rings. The van der Waals surface area contributed by atoms with Gasteiger partial charge in [0.25, 0.3) is 11.8 Å². The average Bonchev–Trinajstić information content (AvgIpc) is 2.82. The summed E-state index contributed by atoms with van der Waals surface area (Å²) >= 11 is 6.79. The Balaban J connectivity index is 1.66. The van der Waals surface area contributed by atoms with Crippen LogP contribution < -0.4 is 10.6 Å². The van der Waals surface area contributed by atoms with Crippen molar-refractivity contribution >= 4 is 55.0 Å². The highest BCUT2D eigenvalue weighted by atomic mass is 79.9. The highest BCUT2D eigenvalue weighted by Gasteiger charge is 2.18. The molecule has 6 heteroatoms. The molecule has 0 aliphatic carbocycles. The molecule has 0 saturated carbocycles. The summed E-state index contributed by atoms with van der Waals surface area (Å²) in [6.45, 7) is 0. The van der Waals surface area contributed by atoms with Gasteiger partial charge in [-0.2, -0.15) is 0 Å². The van der Waals surface area contributed by atoms with Crippen molar-refractivity contribution in [2.45, 2.75) is 0 Å². The highest BCUT2D eigenvalue weighted by molar-refractivity contribution is 9.10. The molecule has 158 valence electrons. The summed E-state index contributed by atoms with van der Waals surface area (Å²) in [4.78, 5) is 26.1. The zero-order valence-corrected chi connectivity index (χ0v) is 20.0. The van der Waals surface area contributed by atoms with Crippen molar-refractivity contribution in [1.29, 1.82) is 0 Å². The molecule has 0 radical (unpaired) electrons. The molecule has 0 aliphatic rings. The Morgan fingerprint density at radius 1 is 0.500 bits per heavy atom. The molecule has 4 aromatic carbocycles. The minimum absolute atomic E-state index is 0.244. The van der Waals surface area contributed by atoms with E-state index >= 15 is 0 Å². The van der Waals surface area contributed by atoms with Crippen LogP contribution in [0.3, 0.4) is 0 Å². The summed E-state index contributed by atoms with van der Waals surface area (Å²) in [5, 5.41) is 5.85. The van der Waals surface area contributed by atoms with Gasteiger partial charge in [0.15, 0.2) is 0 Å². The summed E-state index contributed by atoms with van der Waals surface area (Å²) in [5.41, 5.74) is 3.72. The molecule has 0 aliphatic heterocycles. The molecule has 0 spiro atoms. The van der Waals surface area contributed by atoms with Gasteiger partial charge in [-0.05, 0) is 71.8 Å². The monoisotopic (exact) mass is 548 g/mol. The first-order valence-electron chi connectivity index (χ1n) is 9.83. The van der Waals surface area contributed by atoms with Gasteiger partial charge in [-0.25, -0.2) is 0 Å². The number of rotatable bonds is 5. The second kappa shape index (κ2) is 9.94. The molecule has 0 saturated heterocycles. The maximum atomic E-state index is 13.1. The standard InChI is InChI=1S/C26H18Br2N2O2/c27-17-9-13-19(14-10-17)29-25(31)23-7-3-1-5-21(23)22-6-2-4-8-24(22)26(32)30-20-15-11-18(28)12-16-20/h1-16H,(H,29,31)(H,30,32). The summed E-state index contributed by atoms with van der Waals surface area (Å²) in [7, 11) is 0. The predicted octanol–water partition coefficient (Wildman–Crippen LogP) is 7.38. The van der Waals surface area contributed by atoms with Crippen LogP contribution in [0.25, 0.3) is 11.1 Å². The molecule has 2 amide bonds. The zero-order chi connectivity index (χ0) is 22.5. The van der Waals surface area contributed by atoms with Crippen LogP contribution in [0, 0.1) is 0 Å². The number of hydrogen-bond acceptors (Lipinski definition) is 2. The first-order chi connectivity index (χ1) is 15.5. The van der Waals surface area contributed by atoms with Gasteiger partial charge in [0.05, 0.1) is 0 Å². The third kappa shape index (κ3) is 5.15. The lowest BCUT2D eigenvalue weighted by Gasteiger charge is -2.14. The van der Waals surface area contributed by atoms with Crippen LogP contribution in [0.15, 0.2) is 106 Å². The molecule has 32 heavy (non-hydrogen) atoms. The van der Waals surface area contributed by atoms with Crippen molar-refractivity contribution in [3.63, 3.8) is 0 Å². The van der Waals surface area contributed by atoms with Crippen LogP contribution >= 0.6 is 31.9 Å². The smallest absolute Gasteiger partial charge is 0.256 e. The van der Waals surface area contributed by atoms with E-state index < -0.39 is 0 Å². The molecule has 0 atom stereocenters. The second-order valence-electron chi connectivity index (χ2n) is 7.01. The van der Waals surface area contributed by atoms with Crippen LogP contribution in [-0.4, -0.2) is 11.8 Å². The maximum Gasteiger partial charge on any atom is 0.256 e. The minimum atomic E-state index is -0.244. The first-order valence-corrected chi connectivity index (χ1v) is 11.4. The number of benzene rings is 4. The molecule has 0 fully saturated rings. The Morgan fingerprint density at radius 2 is 0.844 bits per heavy atom. The number of nitrogens with one attached hydrogen (secondary N) is 2. The second-order valence-corrected chi connectivity index (χ2v) is 8.84. The van der Waals surface area contributed by atoms with Gasteiger partial charge in [0.2, 0.25) is 0 Å². The van der Waals surface area contributed by atoms with E-state index in [0.717, 1.165) is 8.95 Å². The summed E-state index contributed by atoms with van der Waals surface area (Å²) in [6.07, 6.45) is 0. The molecular formula is C26H18Br2N2O2. The van der Waals surface area contributed by atoms with E-state index in [9.17, 15) is 9.59 Å². The first kappa shape index (κ1) is 22.0. The number of carbonyl (C=O) groups excluding carboxylic acids is 2. The molecular weight excluding hydrogens is 532 g/mol. The fourth-order valence-electron chi connectivity index (χ4n) is 3.30. The Bertz CT molecular complexity index is 1170. The van der Waals surface area contributed by atoms with Crippen molar-refractivity contribution in [3.8, 4) is 11.1 Å². The van der Waals surface area contributed by atoms with E-state index in [0.29, 0.717) is 33.6 Å². The Hall–Kier alpha value is -3.22. The van der Waals surface area contributed by atoms with E-state index in [4.69, 9.17) is 0 Å². The van der Waals surface area contributed by atoms with Crippen molar-refractivity contribution in [2.75, 3.05) is 10.6 Å². The highest BCUT2D eigenvalue weighted by Crippen LogP contribution is 2.29. The third-order valence-electron chi connectivity index (χ3n) is 4.84. The van der Waals surface area contributed by atoms with Gasteiger partial charge < -0.3 is 10.6 Å². The number of halogens is 2. The molecule has 4 nitrogen and oxygen atoms in total. The average molecular weight is 550 g/mol. The van der Waals surface area contributed by atoms with Crippen molar-refractivity contribution in [3.05, 3.63) is 117 Å². The number of amides is 2. The van der Waals surface area contributed by atoms with Gasteiger partial charge in [0, 0.05) is 31.4 Å². The summed E-state index contributed by atoms with van der Waals surface area (Å²) < 4.78 is 1.86. The number of carbonyl (C=O) groups is 2. The van der Waals surface area contributed by atoms with Gasteiger partial charge in [-0.15, -0.1) is 0 Å². The Morgan fingerprint density at radius 3 is 1.22 bits per heavy atom. The largest absolute Gasteiger partial charge is 0.322 e. The van der Waals surface area contributed by atoms with Crippen molar-refractivity contribution < 1.29 is 9.59 Å². The van der Waals surface area contributed by atoms with E-state index in [1.54, 1.807) is 12.1 Å². The fourth-order valence-corrected chi connectivity index (χ4v) is 3.82. The molecule has 2 N–H and O–H groups in total. The topological polar surface area (TPSA) is 58.2 Å². The maximum absolute atomic E-state index is 13.1. The molecule has 4 rings (SSSR count). The van der Waals surface area contributed by atoms with Gasteiger partial charge in [-0.3, -0.25) is 9.59 Å². The van der Waals surface area contributed by atoms with Crippen LogP contribution in [0.5, 0.6) is 0 Å². The summed E-state index contributed by atoms with van der Waals surface area (Å²) in [5.74, 6) is -0.489. The molecule has 0 unspecified atom stereocenters. The van der Waals surface area contributed by atoms with Crippen molar-refractivity contribution in [2.24, 2.45) is 0 Å². The van der Waals surface area contributed by atoms with E-state index in [1.807, 2.05) is 84.9 Å². The van der Waals surface area contributed by atoms with Crippen LogP contribution in [0.1, 0.15) is 20.7 Å². The SMILES string of the molecule is O=C(Nc1ccc(Br)cc1)c1ccccc1-c1ccccc1C(=O)Nc1ccc(Br)cc1. The fraction of sp³-hybridized carbons (Fsp3) is 0. The molecule has 0 aromatic heterocycles. The lowest BCUT2D eigenvalue weighted by Crippen LogP contribution is -2.15. The number of hydrogen-bond donors (Lipinski definition) is 2. The van der Waals surface area contributed by atoms with Crippen molar-refractivity contribution in [1.82, 2.24) is 0 Å². The zero-order valence-electron chi connectivity index (χ0n) is 16.8. The molecule has 0 bridgehead atoms. The van der Waals surface area contributed by atoms with E-state index in [2.05, 4.69) is 42.5 Å². The van der Waals surface area contributed by atoms with Gasteiger partial charge >= 0.3 is 0 Å². The lowest BCUT2D eigenvalue weighted by molar-refractivity contribution is 0.101. The number of anilines is 2. The van der Waals surface area contributed by atoms with E-state index in [-0.39, 0.29) is 11.8 Å². The Labute approximate surface area is 202 Å². The third-order valence-corrected chi connectivity index (χ3v) is 5.90. The Kier molecular flexibility index (Phi) is 6.83. The molecule has 0 heterocycles. The van der Waals surface area contributed by atoms with Crippen LogP contribution in [0.4, 0.5) is 11.4 Å². The van der Waals surface area contributed by atoms with Gasteiger partial charge in [-0.1, -0.05) is 68.3 Å². The predicted molar refractivity (Wildman–Crippen MR) is 136 cm³/mol. The minimum Gasteiger partial charge on any atom is -0.322 e. The normalized spacial score (nSPS) is 10.4. The summed E-state index contributed by atoms with van der Waals surface area (Å²) in [6, 6.07) is 29.3. The lowest BCUT2D eigenvalue weighted by atomic mass is 9.94. The van der Waals surface area contributed by atoms with Crippen LogP contribution in [-0.2, 0) is 0 Å². The van der Waals surface area contributed by atoms with Gasteiger partial charge in [0.1, 0.15) is 0 Å².